The van der Waals surface area contributed by atoms with Crippen LogP contribution in [0.25, 0.3) is 0 Å². The maximum Gasteiger partial charge on any atom is 0.310 e. The highest BCUT2D eigenvalue weighted by Crippen LogP contribution is 2.31. The number of benzene rings is 1. The molecule has 1 heterocycles. The molecule has 126 valence electrons. The van der Waals surface area contributed by atoms with Crippen LogP contribution in [0.1, 0.15) is 48.5 Å². The van der Waals surface area contributed by atoms with Crippen LogP contribution in [0.4, 0.5) is 0 Å². The van der Waals surface area contributed by atoms with Crippen molar-refractivity contribution >= 4 is 11.8 Å². The molecule has 1 saturated heterocycles. The monoisotopic (exact) mass is 322 g/mol. The molecular weight excluding hydrogens is 300 g/mol. The van der Waals surface area contributed by atoms with Gasteiger partial charge in [-0.3, -0.25) is 9.59 Å². The zero-order valence-electron chi connectivity index (χ0n) is 13.4. The smallest absolute Gasteiger partial charge is 0.310 e. The van der Waals surface area contributed by atoms with Gasteiger partial charge in [-0.2, -0.15) is 0 Å². The fourth-order valence-electron chi connectivity index (χ4n) is 2.91. The summed E-state index contributed by atoms with van der Waals surface area (Å²) in [5.74, 6) is -1.40. The third-order valence-corrected chi connectivity index (χ3v) is 4.00. The lowest BCUT2D eigenvalue weighted by Gasteiger charge is -2.27. The Hall–Kier alpha value is -2.08. The highest BCUT2D eigenvalue weighted by molar-refractivity contribution is 6.01. The van der Waals surface area contributed by atoms with Crippen LogP contribution in [-0.4, -0.2) is 41.3 Å². The van der Waals surface area contributed by atoms with Gasteiger partial charge in [-0.15, -0.1) is 0 Å². The molecule has 23 heavy (non-hydrogen) atoms. The normalized spacial score (nSPS) is 21.0. The van der Waals surface area contributed by atoms with Gasteiger partial charge in [0.2, 0.25) is 0 Å². The molecule has 2 rings (SSSR count). The molecule has 0 amide bonds. The third-order valence-electron chi connectivity index (χ3n) is 4.00. The first-order chi connectivity index (χ1) is 10.9. The second-order valence-corrected chi connectivity index (χ2v) is 5.88. The Bertz CT molecular complexity index is 595. The highest BCUT2D eigenvalue weighted by Gasteiger charge is 2.26. The van der Waals surface area contributed by atoms with Crippen molar-refractivity contribution in [2.24, 2.45) is 0 Å². The van der Waals surface area contributed by atoms with E-state index in [0.29, 0.717) is 0 Å². The number of methoxy groups -OCH3 is 1. The van der Waals surface area contributed by atoms with E-state index in [1.54, 1.807) is 0 Å². The standard InChI is InChI=1S/C17H22O6/c1-10-4-3-5-13(23-10)9-15(20)17-11(7-16(21)22-2)6-12(18)8-14(17)19/h6,8,10,13,18-19H,3-5,7,9H2,1-2H3/t10-,13-/m0/s1. The number of hydrogen-bond acceptors (Lipinski definition) is 6. The number of esters is 1. The van der Waals surface area contributed by atoms with E-state index < -0.39 is 5.97 Å². The molecular formula is C17H22O6. The van der Waals surface area contributed by atoms with Crippen LogP contribution in [0.5, 0.6) is 11.5 Å². The molecule has 1 aromatic carbocycles. The van der Waals surface area contributed by atoms with Gasteiger partial charge in [-0.1, -0.05) is 0 Å². The number of phenols is 2. The van der Waals surface area contributed by atoms with Gasteiger partial charge in [0.1, 0.15) is 11.5 Å². The van der Waals surface area contributed by atoms with Crippen molar-refractivity contribution in [3.63, 3.8) is 0 Å². The second-order valence-electron chi connectivity index (χ2n) is 5.88. The minimum Gasteiger partial charge on any atom is -0.508 e. The Morgan fingerprint density at radius 2 is 2.04 bits per heavy atom. The van der Waals surface area contributed by atoms with Crippen LogP contribution in [0.3, 0.4) is 0 Å². The van der Waals surface area contributed by atoms with E-state index in [0.717, 1.165) is 25.3 Å². The zero-order valence-corrected chi connectivity index (χ0v) is 13.4. The number of phenolic OH excluding ortho intramolecular Hbond substituents is 2. The van der Waals surface area contributed by atoms with Crippen LogP contribution in [0.15, 0.2) is 12.1 Å². The average molecular weight is 322 g/mol. The summed E-state index contributed by atoms with van der Waals surface area (Å²) in [6.45, 7) is 1.97. The minimum absolute atomic E-state index is 0.0510. The first-order valence-corrected chi connectivity index (χ1v) is 7.71. The van der Waals surface area contributed by atoms with E-state index in [-0.39, 0.29) is 53.5 Å². The topological polar surface area (TPSA) is 93.1 Å². The maximum atomic E-state index is 12.6. The first-order valence-electron chi connectivity index (χ1n) is 7.71. The number of Topliss-reactive ketones (excluding diaryl/α,β-unsaturated/α-hetero) is 1. The first kappa shape index (κ1) is 17.3. The van der Waals surface area contributed by atoms with Gasteiger partial charge in [0, 0.05) is 12.5 Å². The Labute approximate surface area is 135 Å². The van der Waals surface area contributed by atoms with Gasteiger partial charge in [0.25, 0.3) is 0 Å². The van der Waals surface area contributed by atoms with Gasteiger partial charge >= 0.3 is 5.97 Å². The molecule has 0 spiro atoms. The van der Waals surface area contributed by atoms with E-state index in [2.05, 4.69) is 4.74 Å². The quantitative estimate of drug-likeness (QED) is 0.638. The fraction of sp³-hybridized carbons (Fsp3) is 0.529. The molecule has 1 fully saturated rings. The fourth-order valence-corrected chi connectivity index (χ4v) is 2.91. The van der Waals surface area contributed by atoms with E-state index >= 15 is 0 Å². The van der Waals surface area contributed by atoms with Crippen molar-refractivity contribution in [2.45, 2.75) is 51.2 Å². The van der Waals surface area contributed by atoms with E-state index in [1.807, 2.05) is 6.92 Å². The van der Waals surface area contributed by atoms with Crippen LogP contribution in [0.2, 0.25) is 0 Å². The summed E-state index contributed by atoms with van der Waals surface area (Å²) in [6.07, 6.45) is 2.63. The van der Waals surface area contributed by atoms with Gasteiger partial charge in [-0.05, 0) is 37.8 Å². The number of carbonyl (C=O) groups is 2. The molecule has 0 unspecified atom stereocenters. The van der Waals surface area contributed by atoms with Gasteiger partial charge in [0.15, 0.2) is 5.78 Å². The summed E-state index contributed by atoms with van der Waals surface area (Å²) in [5.41, 5.74) is 0.304. The number of ether oxygens (including phenoxy) is 2. The minimum atomic E-state index is -0.549. The molecule has 6 heteroatoms. The summed E-state index contributed by atoms with van der Waals surface area (Å²) in [7, 11) is 1.24. The van der Waals surface area contributed by atoms with Gasteiger partial charge in [0.05, 0.1) is 31.3 Å². The van der Waals surface area contributed by atoms with E-state index in [9.17, 15) is 19.8 Å². The third kappa shape index (κ3) is 4.45. The van der Waals surface area contributed by atoms with Crippen molar-refractivity contribution in [1.82, 2.24) is 0 Å². The number of aromatic hydroxyl groups is 2. The maximum absolute atomic E-state index is 12.6. The SMILES string of the molecule is COC(=O)Cc1cc(O)cc(O)c1C(=O)C[C@@H]1CCC[C@H](C)O1. The predicted octanol–water partition coefficient (Wildman–Crippen LogP) is 2.34. The van der Waals surface area contributed by atoms with Gasteiger partial charge in [-0.25, -0.2) is 0 Å². The summed E-state index contributed by atoms with van der Waals surface area (Å²) >= 11 is 0. The van der Waals surface area contributed by atoms with Crippen molar-refractivity contribution in [3.05, 3.63) is 23.3 Å². The van der Waals surface area contributed by atoms with Crippen molar-refractivity contribution in [2.75, 3.05) is 7.11 Å². The number of hydrogen-bond donors (Lipinski definition) is 2. The molecule has 2 N–H and O–H groups in total. The highest BCUT2D eigenvalue weighted by atomic mass is 16.5. The molecule has 2 atom stereocenters. The molecule has 0 saturated carbocycles. The Morgan fingerprint density at radius 3 is 2.70 bits per heavy atom. The molecule has 0 aliphatic carbocycles. The average Bonchev–Trinajstić information content (AvgIpc) is 2.46. The van der Waals surface area contributed by atoms with Crippen molar-refractivity contribution in [1.29, 1.82) is 0 Å². The van der Waals surface area contributed by atoms with Crippen molar-refractivity contribution < 1.29 is 29.3 Å². The Balaban J connectivity index is 2.22. The van der Waals surface area contributed by atoms with E-state index in [4.69, 9.17) is 4.74 Å². The lowest BCUT2D eigenvalue weighted by Crippen LogP contribution is -2.28. The van der Waals surface area contributed by atoms with Crippen LogP contribution in [-0.2, 0) is 20.7 Å². The molecule has 1 aliphatic rings. The molecule has 0 aromatic heterocycles. The lowest BCUT2D eigenvalue weighted by molar-refractivity contribution is -0.139. The summed E-state index contributed by atoms with van der Waals surface area (Å²) < 4.78 is 10.3. The van der Waals surface area contributed by atoms with Crippen LogP contribution >= 0.6 is 0 Å². The summed E-state index contributed by atoms with van der Waals surface area (Å²) in [5, 5.41) is 19.6. The Kier molecular flexibility index (Phi) is 5.60. The van der Waals surface area contributed by atoms with Gasteiger partial charge < -0.3 is 19.7 Å². The predicted molar refractivity (Wildman–Crippen MR) is 82.6 cm³/mol. The molecule has 1 aliphatic heterocycles. The molecule has 0 bridgehead atoms. The largest absolute Gasteiger partial charge is 0.508 e. The summed E-state index contributed by atoms with van der Waals surface area (Å²) in [6, 6.07) is 2.40. The molecule has 6 nitrogen and oxygen atoms in total. The van der Waals surface area contributed by atoms with E-state index in [1.165, 1.54) is 13.2 Å². The zero-order chi connectivity index (χ0) is 17.0. The molecule has 0 radical (unpaired) electrons. The van der Waals surface area contributed by atoms with Crippen LogP contribution in [0, 0.1) is 0 Å². The second kappa shape index (κ2) is 7.46. The lowest BCUT2D eigenvalue weighted by atomic mass is 9.93. The number of ketones is 1. The summed E-state index contributed by atoms with van der Waals surface area (Å²) in [4.78, 5) is 24.1. The van der Waals surface area contributed by atoms with Crippen molar-refractivity contribution in [3.8, 4) is 11.5 Å². The Morgan fingerprint density at radius 1 is 1.30 bits per heavy atom. The number of carbonyl (C=O) groups excluding carboxylic acids is 2. The number of rotatable bonds is 5. The molecule has 1 aromatic rings. The van der Waals surface area contributed by atoms with Crippen LogP contribution < -0.4 is 0 Å².